The van der Waals surface area contributed by atoms with Gasteiger partial charge in [0.2, 0.25) is 0 Å². The molecule has 0 spiro atoms. The lowest BCUT2D eigenvalue weighted by atomic mass is 10.2. The van der Waals surface area contributed by atoms with Crippen molar-refractivity contribution in [1.82, 2.24) is 0 Å². The van der Waals surface area contributed by atoms with Crippen LogP contribution in [0.25, 0.3) is 0 Å². The highest BCUT2D eigenvalue weighted by molar-refractivity contribution is 5.89. The van der Waals surface area contributed by atoms with Crippen LogP contribution in [-0.2, 0) is 14.3 Å². The molecule has 0 radical (unpaired) electrons. The molecule has 0 heterocycles. The second kappa shape index (κ2) is 8.29. The highest BCUT2D eigenvalue weighted by Gasteiger charge is 2.15. The van der Waals surface area contributed by atoms with Gasteiger partial charge in [0.15, 0.2) is 0 Å². The van der Waals surface area contributed by atoms with Crippen LogP contribution in [0.4, 0.5) is 0 Å². The van der Waals surface area contributed by atoms with Gasteiger partial charge in [-0.3, -0.25) is 4.79 Å². The summed E-state index contributed by atoms with van der Waals surface area (Å²) in [6.07, 6.45) is 1.52. The van der Waals surface area contributed by atoms with Crippen LogP contribution in [0, 0.1) is 0 Å². The van der Waals surface area contributed by atoms with Crippen molar-refractivity contribution in [2.45, 2.75) is 39.2 Å². The van der Waals surface area contributed by atoms with Crippen molar-refractivity contribution < 1.29 is 19.1 Å². The van der Waals surface area contributed by atoms with Gasteiger partial charge in [0, 0.05) is 6.42 Å². The average molecular weight is 264 g/mol. The first-order valence-electron chi connectivity index (χ1n) is 6.59. The molecule has 0 aromatic heterocycles. The lowest BCUT2D eigenvalue weighted by Crippen LogP contribution is -2.25. The Morgan fingerprint density at radius 1 is 1.16 bits per heavy atom. The second-order valence-electron chi connectivity index (χ2n) is 4.22. The Bertz CT molecular complexity index is 400. The Morgan fingerprint density at radius 2 is 1.84 bits per heavy atom. The number of rotatable bonds is 7. The van der Waals surface area contributed by atoms with Crippen molar-refractivity contribution in [2.75, 3.05) is 6.61 Å². The lowest BCUT2D eigenvalue weighted by Gasteiger charge is -2.16. The minimum Gasteiger partial charge on any atom is -0.459 e. The topological polar surface area (TPSA) is 52.6 Å². The van der Waals surface area contributed by atoms with Crippen molar-refractivity contribution in [2.24, 2.45) is 0 Å². The zero-order valence-corrected chi connectivity index (χ0v) is 11.4. The molecule has 0 aliphatic carbocycles. The van der Waals surface area contributed by atoms with Gasteiger partial charge in [0.25, 0.3) is 0 Å². The Hall–Kier alpha value is -1.84. The van der Waals surface area contributed by atoms with Crippen molar-refractivity contribution in [3.05, 3.63) is 35.9 Å². The van der Waals surface area contributed by atoms with Crippen LogP contribution in [0.2, 0.25) is 0 Å². The molecule has 0 bridgehead atoms. The maximum Gasteiger partial charge on any atom is 0.338 e. The fourth-order valence-corrected chi connectivity index (χ4v) is 1.59. The Balaban J connectivity index is 2.47. The molecule has 1 aromatic rings. The number of esters is 2. The van der Waals surface area contributed by atoms with Gasteiger partial charge in [0.05, 0.1) is 5.56 Å². The van der Waals surface area contributed by atoms with E-state index >= 15 is 0 Å². The van der Waals surface area contributed by atoms with E-state index in [9.17, 15) is 9.59 Å². The molecule has 0 aliphatic rings. The van der Waals surface area contributed by atoms with Crippen LogP contribution in [0.1, 0.15) is 43.5 Å². The van der Waals surface area contributed by atoms with Crippen LogP contribution in [0.3, 0.4) is 0 Å². The summed E-state index contributed by atoms with van der Waals surface area (Å²) in [6, 6.07) is 8.76. The molecule has 1 atom stereocenters. The van der Waals surface area contributed by atoms with Crippen LogP contribution in [-0.4, -0.2) is 24.6 Å². The molecular formula is C15H20O4. The van der Waals surface area contributed by atoms with Gasteiger partial charge >= 0.3 is 11.9 Å². The van der Waals surface area contributed by atoms with E-state index in [0.717, 1.165) is 6.42 Å². The first kappa shape index (κ1) is 15.2. The molecule has 1 rings (SSSR count). The summed E-state index contributed by atoms with van der Waals surface area (Å²) >= 11 is 0. The van der Waals surface area contributed by atoms with Crippen molar-refractivity contribution in [3.63, 3.8) is 0 Å². The van der Waals surface area contributed by atoms with E-state index in [4.69, 9.17) is 9.47 Å². The average Bonchev–Trinajstić information content (AvgIpc) is 2.45. The predicted octanol–water partition coefficient (Wildman–Crippen LogP) is 2.97. The maximum absolute atomic E-state index is 11.7. The maximum atomic E-state index is 11.7. The van der Waals surface area contributed by atoms with Gasteiger partial charge < -0.3 is 9.47 Å². The predicted molar refractivity (Wildman–Crippen MR) is 71.8 cm³/mol. The zero-order chi connectivity index (χ0) is 14.1. The van der Waals surface area contributed by atoms with Gasteiger partial charge in [-0.2, -0.15) is 0 Å². The quantitative estimate of drug-likeness (QED) is 0.710. The summed E-state index contributed by atoms with van der Waals surface area (Å²) in [4.78, 5) is 23.0. The first-order valence-corrected chi connectivity index (χ1v) is 6.59. The number of benzene rings is 1. The van der Waals surface area contributed by atoms with E-state index in [1.807, 2.05) is 13.0 Å². The monoisotopic (exact) mass is 264 g/mol. The highest BCUT2D eigenvalue weighted by atomic mass is 16.6. The fourth-order valence-electron chi connectivity index (χ4n) is 1.59. The minimum atomic E-state index is -0.394. The largest absolute Gasteiger partial charge is 0.459 e. The molecule has 104 valence electrons. The first-order chi connectivity index (χ1) is 9.17. The van der Waals surface area contributed by atoms with Crippen LogP contribution >= 0.6 is 0 Å². The normalized spacial score (nSPS) is 11.7. The molecule has 19 heavy (non-hydrogen) atoms. The Morgan fingerprint density at radius 3 is 2.42 bits per heavy atom. The van der Waals surface area contributed by atoms with Gasteiger partial charge in [-0.25, -0.2) is 4.79 Å². The van der Waals surface area contributed by atoms with Gasteiger partial charge in [-0.1, -0.05) is 38.5 Å². The molecule has 0 N–H and O–H groups in total. The lowest BCUT2D eigenvalue weighted by molar-refractivity contribution is -0.151. The van der Waals surface area contributed by atoms with E-state index in [0.29, 0.717) is 18.4 Å². The molecule has 0 fully saturated rings. The van der Waals surface area contributed by atoms with Crippen LogP contribution in [0.15, 0.2) is 30.3 Å². The van der Waals surface area contributed by atoms with E-state index in [1.54, 1.807) is 31.2 Å². The molecular weight excluding hydrogens is 244 g/mol. The van der Waals surface area contributed by atoms with Crippen LogP contribution < -0.4 is 0 Å². The molecule has 4 nitrogen and oxygen atoms in total. The van der Waals surface area contributed by atoms with E-state index in [-0.39, 0.29) is 18.7 Å². The standard InChI is InChI=1S/C15H20O4/c1-3-8-13(19-14(16)4-2)11-18-15(17)12-9-6-5-7-10-12/h5-7,9-10,13H,3-4,8,11H2,1-2H3. The number of hydrogen-bond acceptors (Lipinski definition) is 4. The van der Waals surface area contributed by atoms with Crippen molar-refractivity contribution in [3.8, 4) is 0 Å². The van der Waals surface area contributed by atoms with Crippen molar-refractivity contribution in [1.29, 1.82) is 0 Å². The molecule has 0 saturated heterocycles. The Labute approximate surface area is 113 Å². The molecule has 0 amide bonds. The third-order valence-electron chi connectivity index (χ3n) is 2.61. The summed E-state index contributed by atoms with van der Waals surface area (Å²) in [7, 11) is 0. The molecule has 4 heteroatoms. The van der Waals surface area contributed by atoms with E-state index in [1.165, 1.54) is 0 Å². The molecule has 1 unspecified atom stereocenters. The second-order valence-corrected chi connectivity index (χ2v) is 4.22. The van der Waals surface area contributed by atoms with Gasteiger partial charge in [-0.05, 0) is 18.6 Å². The van der Waals surface area contributed by atoms with Crippen LogP contribution in [0.5, 0.6) is 0 Å². The highest BCUT2D eigenvalue weighted by Crippen LogP contribution is 2.07. The number of hydrogen-bond donors (Lipinski definition) is 0. The third kappa shape index (κ3) is 5.55. The summed E-state index contributed by atoms with van der Waals surface area (Å²) < 4.78 is 10.4. The third-order valence-corrected chi connectivity index (χ3v) is 2.61. The van der Waals surface area contributed by atoms with Gasteiger partial charge in [-0.15, -0.1) is 0 Å². The molecule has 0 saturated carbocycles. The number of carbonyl (C=O) groups is 2. The Kier molecular flexibility index (Phi) is 6.64. The van der Waals surface area contributed by atoms with E-state index in [2.05, 4.69) is 0 Å². The number of ether oxygens (including phenoxy) is 2. The fraction of sp³-hybridized carbons (Fsp3) is 0.467. The number of carbonyl (C=O) groups excluding carboxylic acids is 2. The molecule has 0 aliphatic heterocycles. The summed E-state index contributed by atoms with van der Waals surface area (Å²) in [5, 5.41) is 0. The van der Waals surface area contributed by atoms with Crippen molar-refractivity contribution >= 4 is 11.9 Å². The zero-order valence-electron chi connectivity index (χ0n) is 11.4. The summed E-state index contributed by atoms with van der Waals surface area (Å²) in [5.41, 5.74) is 0.500. The molecule has 1 aromatic carbocycles. The summed E-state index contributed by atoms with van der Waals surface area (Å²) in [5.74, 6) is -0.663. The van der Waals surface area contributed by atoms with E-state index < -0.39 is 5.97 Å². The smallest absolute Gasteiger partial charge is 0.338 e. The summed E-state index contributed by atoms with van der Waals surface area (Å²) in [6.45, 7) is 3.83. The SMILES string of the molecule is CCCC(COC(=O)c1ccccc1)OC(=O)CC. The van der Waals surface area contributed by atoms with Gasteiger partial charge in [0.1, 0.15) is 12.7 Å². The minimum absolute atomic E-state index is 0.104.